The minimum atomic E-state index is -1.57. The molecule has 7 nitrogen and oxygen atoms in total. The lowest BCUT2D eigenvalue weighted by molar-refractivity contribution is -0.129. The molecule has 0 unspecified atom stereocenters. The summed E-state index contributed by atoms with van der Waals surface area (Å²) in [5, 5.41) is 0. The van der Waals surface area contributed by atoms with Crippen LogP contribution in [0.15, 0.2) is 59.9 Å². The Balaban J connectivity index is 1.94. The molecule has 1 aromatic carbocycles. The lowest BCUT2D eigenvalue weighted by atomic mass is 9.83. The summed E-state index contributed by atoms with van der Waals surface area (Å²) in [6, 6.07) is 11.6. The number of Topliss-reactive ketones (excluding diaryl/α,β-unsaturated/α-hetero) is 1. The number of aromatic nitrogens is 2. The molecule has 2 N–H and O–H groups in total. The van der Waals surface area contributed by atoms with Crippen LogP contribution in [0.4, 0.5) is 8.78 Å². The second kappa shape index (κ2) is 9.17. The van der Waals surface area contributed by atoms with Crippen LogP contribution in [0.5, 0.6) is 0 Å². The first-order valence-electron chi connectivity index (χ1n) is 11.0. The number of alkyl halides is 1. The number of amides is 1. The number of hydrogen-bond acceptors (Lipinski definition) is 5. The second-order valence-electron chi connectivity index (χ2n) is 8.09. The van der Waals surface area contributed by atoms with Crippen molar-refractivity contribution in [3.05, 3.63) is 77.6 Å². The van der Waals surface area contributed by atoms with Crippen molar-refractivity contribution in [2.24, 2.45) is 10.7 Å². The minimum Gasteiger partial charge on any atom is -0.369 e. The van der Waals surface area contributed by atoms with Crippen LogP contribution in [0.1, 0.15) is 41.4 Å². The third-order valence-corrected chi connectivity index (χ3v) is 6.04. The van der Waals surface area contributed by atoms with E-state index in [0.29, 0.717) is 22.4 Å². The van der Waals surface area contributed by atoms with Crippen molar-refractivity contribution in [1.29, 1.82) is 0 Å². The van der Waals surface area contributed by atoms with Gasteiger partial charge in [-0.15, -0.1) is 0 Å². The van der Waals surface area contributed by atoms with E-state index in [9.17, 15) is 18.4 Å². The molecule has 0 bridgehead atoms. The number of ketones is 1. The first-order valence-corrected chi connectivity index (χ1v) is 11.0. The number of rotatable bonds is 8. The van der Waals surface area contributed by atoms with Gasteiger partial charge in [-0.1, -0.05) is 25.1 Å². The molecule has 0 saturated heterocycles. The number of halogens is 2. The average molecular weight is 466 g/mol. The van der Waals surface area contributed by atoms with Crippen LogP contribution >= 0.6 is 0 Å². The van der Waals surface area contributed by atoms with Gasteiger partial charge in [0.15, 0.2) is 17.3 Å². The predicted molar refractivity (Wildman–Crippen MR) is 124 cm³/mol. The maximum absolute atomic E-state index is 14.4. The van der Waals surface area contributed by atoms with E-state index in [-0.39, 0.29) is 36.7 Å². The molecule has 3 aromatic rings. The van der Waals surface area contributed by atoms with Crippen LogP contribution in [0.25, 0.3) is 11.1 Å². The van der Waals surface area contributed by atoms with Crippen LogP contribution in [0.2, 0.25) is 0 Å². The van der Waals surface area contributed by atoms with E-state index in [1.807, 2.05) is 0 Å². The second-order valence-corrected chi connectivity index (χ2v) is 8.09. The molecule has 1 aliphatic heterocycles. The van der Waals surface area contributed by atoms with Crippen molar-refractivity contribution in [2.45, 2.75) is 31.8 Å². The molecule has 0 saturated carbocycles. The zero-order chi connectivity index (χ0) is 24.5. The Labute approximate surface area is 195 Å². The Morgan fingerprint density at radius 1 is 1.18 bits per heavy atom. The number of aryl methyl sites for hydroxylation is 1. The molecule has 3 heterocycles. The van der Waals surface area contributed by atoms with Gasteiger partial charge >= 0.3 is 0 Å². The van der Waals surface area contributed by atoms with Crippen LogP contribution < -0.4 is 5.73 Å². The summed E-state index contributed by atoms with van der Waals surface area (Å²) in [5.74, 6) is -1.17. The van der Waals surface area contributed by atoms with Crippen LogP contribution in [0, 0.1) is 5.95 Å². The summed E-state index contributed by atoms with van der Waals surface area (Å²) in [7, 11) is 1.52. The van der Waals surface area contributed by atoms with E-state index in [4.69, 9.17) is 5.73 Å². The minimum absolute atomic E-state index is 0.0165. The van der Waals surface area contributed by atoms with E-state index < -0.39 is 24.1 Å². The van der Waals surface area contributed by atoms with E-state index in [1.165, 1.54) is 18.1 Å². The van der Waals surface area contributed by atoms with Gasteiger partial charge in [-0.3, -0.25) is 18.9 Å². The Morgan fingerprint density at radius 3 is 2.62 bits per heavy atom. The molecule has 176 valence electrons. The van der Waals surface area contributed by atoms with Crippen molar-refractivity contribution in [1.82, 2.24) is 14.5 Å². The molecule has 0 aliphatic carbocycles. The number of likely N-dealkylation sites (N-methyl/N-ethyl adjacent to an activating group) is 1. The van der Waals surface area contributed by atoms with Crippen LogP contribution in [-0.4, -0.2) is 45.8 Å². The summed E-state index contributed by atoms with van der Waals surface area (Å²) >= 11 is 0. The standard InChI is InChI=1S/C25H25F2N5O2/c1-3-21(33)20-14-18(15-32(20)12-6-10-26)25(23(34)31(2)24(28)30-25)17-8-4-7-16(13-17)19-9-5-11-29-22(19)27/h4-5,7-9,11,13-15H,3,6,10,12H2,1-2H3,(H2,28,30)/t25-/m1/s1. The van der Waals surface area contributed by atoms with E-state index in [1.54, 1.807) is 60.2 Å². The van der Waals surface area contributed by atoms with Crippen LogP contribution in [0.3, 0.4) is 0 Å². The van der Waals surface area contributed by atoms with Gasteiger partial charge in [0.1, 0.15) is 0 Å². The molecule has 9 heteroatoms. The molecule has 0 radical (unpaired) electrons. The summed E-state index contributed by atoms with van der Waals surface area (Å²) in [6.07, 6.45) is 3.49. The lowest BCUT2D eigenvalue weighted by Crippen LogP contribution is -2.41. The van der Waals surface area contributed by atoms with Gasteiger partial charge in [0.05, 0.1) is 12.4 Å². The fraction of sp³-hybridized carbons (Fsp3) is 0.280. The zero-order valence-corrected chi connectivity index (χ0v) is 19.0. The highest BCUT2D eigenvalue weighted by atomic mass is 19.1. The van der Waals surface area contributed by atoms with Gasteiger partial charge in [-0.25, -0.2) is 9.98 Å². The normalized spacial score (nSPS) is 17.8. The van der Waals surface area contributed by atoms with Gasteiger partial charge in [0, 0.05) is 43.5 Å². The van der Waals surface area contributed by atoms with Gasteiger partial charge in [0.2, 0.25) is 5.95 Å². The fourth-order valence-electron chi connectivity index (χ4n) is 4.24. The number of pyridine rings is 1. The highest BCUT2D eigenvalue weighted by molar-refractivity contribution is 6.09. The highest BCUT2D eigenvalue weighted by Crippen LogP contribution is 2.41. The number of benzene rings is 1. The summed E-state index contributed by atoms with van der Waals surface area (Å²) in [5.41, 5.74) is 6.55. The maximum Gasteiger partial charge on any atom is 0.266 e. The number of carbonyl (C=O) groups is 2. The fourth-order valence-corrected chi connectivity index (χ4v) is 4.24. The number of nitrogens with zero attached hydrogens (tertiary/aromatic N) is 4. The Kier molecular flexibility index (Phi) is 6.28. The number of aliphatic imine (C=N–C) groups is 1. The van der Waals surface area contributed by atoms with E-state index in [0.717, 1.165) is 0 Å². The molecular formula is C25H25F2N5O2. The number of carbonyl (C=O) groups excluding carboxylic acids is 2. The third-order valence-electron chi connectivity index (χ3n) is 6.04. The molecule has 0 spiro atoms. The smallest absolute Gasteiger partial charge is 0.266 e. The van der Waals surface area contributed by atoms with Gasteiger partial charge in [0.25, 0.3) is 5.91 Å². The maximum atomic E-state index is 14.4. The van der Waals surface area contributed by atoms with Crippen molar-refractivity contribution in [3.8, 4) is 11.1 Å². The van der Waals surface area contributed by atoms with Crippen molar-refractivity contribution < 1.29 is 18.4 Å². The molecular weight excluding hydrogens is 440 g/mol. The predicted octanol–water partition coefficient (Wildman–Crippen LogP) is 3.67. The van der Waals surface area contributed by atoms with Gasteiger partial charge in [-0.05, 0) is 41.8 Å². The highest BCUT2D eigenvalue weighted by Gasteiger charge is 2.50. The van der Waals surface area contributed by atoms with E-state index >= 15 is 0 Å². The topological polar surface area (TPSA) is 93.6 Å². The zero-order valence-electron chi connectivity index (χ0n) is 19.0. The molecule has 34 heavy (non-hydrogen) atoms. The summed E-state index contributed by atoms with van der Waals surface area (Å²) in [6.45, 7) is 1.47. The van der Waals surface area contributed by atoms with Crippen LogP contribution in [-0.2, 0) is 16.9 Å². The molecule has 4 rings (SSSR count). The monoisotopic (exact) mass is 465 g/mol. The largest absolute Gasteiger partial charge is 0.369 e. The van der Waals surface area contributed by atoms with Gasteiger partial charge < -0.3 is 10.3 Å². The molecule has 1 aliphatic rings. The number of nitrogens with two attached hydrogens (primary N) is 1. The molecule has 0 fully saturated rings. The van der Waals surface area contributed by atoms with Crippen molar-refractivity contribution >= 4 is 17.6 Å². The molecule has 1 amide bonds. The average Bonchev–Trinajstić information content (AvgIpc) is 3.38. The summed E-state index contributed by atoms with van der Waals surface area (Å²) < 4.78 is 29.0. The third kappa shape index (κ3) is 3.76. The van der Waals surface area contributed by atoms with Crippen molar-refractivity contribution in [2.75, 3.05) is 13.7 Å². The van der Waals surface area contributed by atoms with E-state index in [2.05, 4.69) is 9.98 Å². The molecule has 2 aromatic heterocycles. The summed E-state index contributed by atoms with van der Waals surface area (Å²) in [4.78, 5) is 35.8. The van der Waals surface area contributed by atoms with Gasteiger partial charge in [-0.2, -0.15) is 4.39 Å². The first kappa shape index (κ1) is 23.3. The first-order chi connectivity index (χ1) is 16.3. The SMILES string of the molecule is CCC(=O)c1cc([C@@]2(c3cccc(-c4cccnc4F)c3)N=C(N)N(C)C2=O)cn1CCCF. The Bertz CT molecular complexity index is 1290. The quantitative estimate of drug-likeness (QED) is 0.406. The molecule has 1 atom stereocenters. The van der Waals surface area contributed by atoms with Crippen molar-refractivity contribution in [3.63, 3.8) is 0 Å². The number of guanidine groups is 1. The Morgan fingerprint density at radius 2 is 1.97 bits per heavy atom. The lowest BCUT2D eigenvalue weighted by Gasteiger charge is -2.25. The number of hydrogen-bond donors (Lipinski definition) is 1. The Hall–Kier alpha value is -3.88.